The van der Waals surface area contributed by atoms with E-state index in [1.807, 2.05) is 30.3 Å². The molecule has 0 spiro atoms. The Labute approximate surface area is 113 Å². The molecule has 0 aliphatic rings. The van der Waals surface area contributed by atoms with Gasteiger partial charge in [-0.15, -0.1) is 0 Å². The molecule has 0 saturated carbocycles. The highest BCUT2D eigenvalue weighted by Crippen LogP contribution is 2.11. The first-order valence-electron chi connectivity index (χ1n) is 6.56. The Bertz CT molecular complexity index is 640. The van der Waals surface area contributed by atoms with Gasteiger partial charge in [-0.3, -0.25) is 4.79 Å². The molecule has 0 radical (unpaired) electrons. The molecule has 2 rings (SSSR count). The number of nitrogens with zero attached hydrogens (tertiary/aromatic N) is 1. The van der Waals surface area contributed by atoms with Gasteiger partial charge in [-0.25, -0.2) is 0 Å². The SMILES string of the molecule is C=C(CNC(C)C)Cn1c(=O)ccc2ccccc21. The molecule has 3 heteroatoms. The largest absolute Gasteiger partial charge is 0.311 e. The van der Waals surface area contributed by atoms with Gasteiger partial charge in [0.05, 0.1) is 5.52 Å². The standard InChI is InChI=1S/C16H20N2O/c1-12(2)17-10-13(3)11-18-15-7-5-4-6-14(15)8-9-16(18)19/h4-9,12,17H,3,10-11H2,1-2H3. The van der Waals surface area contributed by atoms with Crippen molar-refractivity contribution in [2.24, 2.45) is 0 Å². The van der Waals surface area contributed by atoms with Crippen molar-refractivity contribution in [3.8, 4) is 0 Å². The smallest absolute Gasteiger partial charge is 0.251 e. The van der Waals surface area contributed by atoms with E-state index in [0.29, 0.717) is 12.6 Å². The first kappa shape index (κ1) is 13.6. The Kier molecular flexibility index (Phi) is 4.17. The predicted molar refractivity (Wildman–Crippen MR) is 80.5 cm³/mol. The highest BCUT2D eigenvalue weighted by molar-refractivity contribution is 5.78. The number of nitrogens with one attached hydrogen (secondary N) is 1. The molecule has 0 unspecified atom stereocenters. The third-order valence-corrected chi connectivity index (χ3v) is 3.04. The van der Waals surface area contributed by atoms with E-state index in [1.165, 1.54) is 0 Å². The van der Waals surface area contributed by atoms with Crippen molar-refractivity contribution in [1.82, 2.24) is 9.88 Å². The molecular formula is C16H20N2O. The van der Waals surface area contributed by atoms with E-state index in [-0.39, 0.29) is 5.56 Å². The van der Waals surface area contributed by atoms with Crippen LogP contribution >= 0.6 is 0 Å². The monoisotopic (exact) mass is 256 g/mol. The minimum atomic E-state index is 0.0180. The summed E-state index contributed by atoms with van der Waals surface area (Å²) in [5, 5.41) is 4.39. The molecule has 1 aromatic heterocycles. The van der Waals surface area contributed by atoms with Crippen molar-refractivity contribution in [3.63, 3.8) is 0 Å². The summed E-state index contributed by atoms with van der Waals surface area (Å²) in [4.78, 5) is 12.0. The number of para-hydroxylation sites is 1. The average Bonchev–Trinajstić information content (AvgIpc) is 2.40. The second-order valence-corrected chi connectivity index (χ2v) is 5.10. The number of pyridine rings is 1. The number of fused-ring (bicyclic) bond motifs is 1. The second kappa shape index (κ2) is 5.85. The molecule has 0 atom stereocenters. The minimum absolute atomic E-state index is 0.0180. The molecule has 0 bridgehead atoms. The van der Waals surface area contributed by atoms with Crippen LogP contribution in [0.15, 0.2) is 53.3 Å². The Morgan fingerprint density at radius 2 is 2.00 bits per heavy atom. The van der Waals surface area contributed by atoms with Gasteiger partial charge >= 0.3 is 0 Å². The summed E-state index contributed by atoms with van der Waals surface area (Å²) in [6.45, 7) is 9.52. The molecule has 1 heterocycles. The summed E-state index contributed by atoms with van der Waals surface area (Å²) >= 11 is 0. The Morgan fingerprint density at radius 3 is 2.74 bits per heavy atom. The molecule has 19 heavy (non-hydrogen) atoms. The lowest BCUT2D eigenvalue weighted by Crippen LogP contribution is -2.28. The minimum Gasteiger partial charge on any atom is -0.311 e. The number of hydrogen-bond donors (Lipinski definition) is 1. The molecule has 1 N–H and O–H groups in total. The van der Waals surface area contributed by atoms with Crippen molar-refractivity contribution in [2.45, 2.75) is 26.4 Å². The van der Waals surface area contributed by atoms with Gasteiger partial charge in [-0.05, 0) is 23.1 Å². The average molecular weight is 256 g/mol. The van der Waals surface area contributed by atoms with Crippen LogP contribution in [0.4, 0.5) is 0 Å². The van der Waals surface area contributed by atoms with Crippen LogP contribution in [0.2, 0.25) is 0 Å². The lowest BCUT2D eigenvalue weighted by molar-refractivity contribution is 0.603. The summed E-state index contributed by atoms with van der Waals surface area (Å²) in [6, 6.07) is 11.8. The number of rotatable bonds is 5. The molecule has 3 nitrogen and oxygen atoms in total. The van der Waals surface area contributed by atoms with Crippen molar-refractivity contribution >= 4 is 10.9 Å². The third kappa shape index (κ3) is 3.32. The van der Waals surface area contributed by atoms with Gasteiger partial charge in [0.2, 0.25) is 0 Å². The Morgan fingerprint density at radius 1 is 1.26 bits per heavy atom. The van der Waals surface area contributed by atoms with Gasteiger partial charge in [0.1, 0.15) is 0 Å². The highest BCUT2D eigenvalue weighted by atomic mass is 16.1. The van der Waals surface area contributed by atoms with Gasteiger partial charge in [-0.2, -0.15) is 0 Å². The molecular weight excluding hydrogens is 236 g/mol. The van der Waals surface area contributed by atoms with Gasteiger partial charge in [0.15, 0.2) is 0 Å². The van der Waals surface area contributed by atoms with Crippen molar-refractivity contribution in [3.05, 3.63) is 58.9 Å². The van der Waals surface area contributed by atoms with Crippen LogP contribution in [0.3, 0.4) is 0 Å². The lowest BCUT2D eigenvalue weighted by atomic mass is 10.2. The normalized spacial score (nSPS) is 11.1. The zero-order valence-electron chi connectivity index (χ0n) is 11.5. The van der Waals surface area contributed by atoms with E-state index in [4.69, 9.17) is 0 Å². The highest BCUT2D eigenvalue weighted by Gasteiger charge is 2.04. The van der Waals surface area contributed by atoms with Crippen LogP contribution in [-0.4, -0.2) is 17.2 Å². The van der Waals surface area contributed by atoms with Crippen LogP contribution in [-0.2, 0) is 6.54 Å². The number of hydrogen-bond acceptors (Lipinski definition) is 2. The molecule has 1 aromatic carbocycles. The topological polar surface area (TPSA) is 34.0 Å². The number of benzene rings is 1. The second-order valence-electron chi connectivity index (χ2n) is 5.10. The van der Waals surface area contributed by atoms with Crippen molar-refractivity contribution in [2.75, 3.05) is 6.54 Å². The summed E-state index contributed by atoms with van der Waals surface area (Å²) in [5.74, 6) is 0. The van der Waals surface area contributed by atoms with Gasteiger partial charge in [-0.1, -0.05) is 38.6 Å². The van der Waals surface area contributed by atoms with Gasteiger partial charge < -0.3 is 9.88 Å². The van der Waals surface area contributed by atoms with Crippen molar-refractivity contribution < 1.29 is 0 Å². The molecule has 0 aliphatic heterocycles. The zero-order valence-corrected chi connectivity index (χ0v) is 11.5. The quantitative estimate of drug-likeness (QED) is 0.834. The van der Waals surface area contributed by atoms with E-state index >= 15 is 0 Å². The summed E-state index contributed by atoms with van der Waals surface area (Å²) in [7, 11) is 0. The van der Waals surface area contributed by atoms with E-state index in [9.17, 15) is 4.79 Å². The molecule has 2 aromatic rings. The van der Waals surface area contributed by atoms with E-state index in [0.717, 1.165) is 23.0 Å². The summed E-state index contributed by atoms with van der Waals surface area (Å²) in [5.41, 5.74) is 1.98. The maximum absolute atomic E-state index is 12.0. The summed E-state index contributed by atoms with van der Waals surface area (Å²) < 4.78 is 1.78. The van der Waals surface area contributed by atoms with Gasteiger partial charge in [0.25, 0.3) is 5.56 Å². The van der Waals surface area contributed by atoms with Gasteiger partial charge in [0, 0.05) is 25.2 Å². The van der Waals surface area contributed by atoms with E-state index in [1.54, 1.807) is 10.6 Å². The number of aromatic nitrogens is 1. The first-order chi connectivity index (χ1) is 9.08. The molecule has 0 aliphatic carbocycles. The Balaban J connectivity index is 2.27. The molecule has 0 saturated heterocycles. The summed E-state index contributed by atoms with van der Waals surface area (Å²) in [6.07, 6.45) is 0. The van der Waals surface area contributed by atoms with Crippen LogP contribution in [0, 0.1) is 0 Å². The van der Waals surface area contributed by atoms with E-state index < -0.39 is 0 Å². The van der Waals surface area contributed by atoms with Crippen LogP contribution in [0.1, 0.15) is 13.8 Å². The fraction of sp³-hybridized carbons (Fsp3) is 0.312. The fourth-order valence-electron chi connectivity index (χ4n) is 2.04. The van der Waals surface area contributed by atoms with E-state index in [2.05, 4.69) is 25.7 Å². The zero-order chi connectivity index (χ0) is 13.8. The van der Waals surface area contributed by atoms with Crippen LogP contribution in [0.25, 0.3) is 10.9 Å². The predicted octanol–water partition coefficient (Wildman–Crippen LogP) is 2.56. The van der Waals surface area contributed by atoms with Crippen LogP contribution < -0.4 is 10.9 Å². The van der Waals surface area contributed by atoms with Crippen molar-refractivity contribution in [1.29, 1.82) is 0 Å². The maximum Gasteiger partial charge on any atom is 0.251 e. The third-order valence-electron chi connectivity index (χ3n) is 3.04. The Hall–Kier alpha value is -1.87. The first-order valence-corrected chi connectivity index (χ1v) is 6.56. The molecule has 100 valence electrons. The molecule has 0 amide bonds. The van der Waals surface area contributed by atoms with Crippen LogP contribution in [0.5, 0.6) is 0 Å². The lowest BCUT2D eigenvalue weighted by Gasteiger charge is -2.14. The molecule has 0 fully saturated rings. The maximum atomic E-state index is 12.0. The fourth-order valence-corrected chi connectivity index (χ4v) is 2.04.